The van der Waals surface area contributed by atoms with Crippen LogP contribution in [0.15, 0.2) is 11.1 Å². The Morgan fingerprint density at radius 1 is 1.11 bits per heavy atom. The summed E-state index contributed by atoms with van der Waals surface area (Å²) < 4.78 is 0. The van der Waals surface area contributed by atoms with Crippen LogP contribution >= 0.6 is 0 Å². The maximum atomic E-state index is 11.7. The number of urea groups is 1. The van der Waals surface area contributed by atoms with E-state index in [-0.39, 0.29) is 16.7 Å². The fourth-order valence-corrected chi connectivity index (χ4v) is 1.76. The van der Waals surface area contributed by atoms with Crippen molar-refractivity contribution in [2.45, 2.75) is 46.1 Å². The normalized spacial score (nSPS) is 16.4. The molecule has 1 saturated carbocycles. The molecule has 0 atom stereocenters. The van der Waals surface area contributed by atoms with E-state index in [0.29, 0.717) is 5.92 Å². The molecule has 0 unspecified atom stereocenters. The van der Waals surface area contributed by atoms with Crippen LogP contribution in [0.5, 0.6) is 0 Å². The van der Waals surface area contributed by atoms with Gasteiger partial charge in [0.2, 0.25) is 0 Å². The molecular formula is C13H20N2O4. The standard InChI is InChI=1S/C13H20N2O4/c1-7(8(2)11(17)18)10(16)14-12(19)15-13(3,4)9-5-6-9/h9H,5-6H2,1-4H3,(H,17,18)(H2,14,15,16,19). The molecule has 3 amide bonds. The number of rotatable bonds is 4. The van der Waals surface area contributed by atoms with Crippen LogP contribution in [0.25, 0.3) is 0 Å². The quantitative estimate of drug-likeness (QED) is 0.672. The first-order valence-corrected chi connectivity index (χ1v) is 6.19. The zero-order valence-corrected chi connectivity index (χ0v) is 11.7. The molecule has 1 aliphatic carbocycles. The highest BCUT2D eigenvalue weighted by Gasteiger charge is 2.38. The van der Waals surface area contributed by atoms with Gasteiger partial charge in [-0.1, -0.05) is 0 Å². The summed E-state index contributed by atoms with van der Waals surface area (Å²) in [5.74, 6) is -1.43. The summed E-state index contributed by atoms with van der Waals surface area (Å²) >= 11 is 0. The van der Waals surface area contributed by atoms with E-state index in [1.54, 1.807) is 0 Å². The topological polar surface area (TPSA) is 95.5 Å². The third-order valence-electron chi connectivity index (χ3n) is 3.48. The minimum atomic E-state index is -1.17. The van der Waals surface area contributed by atoms with Gasteiger partial charge in [-0.2, -0.15) is 0 Å². The lowest BCUT2D eigenvalue weighted by atomic mass is 9.99. The molecule has 0 spiro atoms. The molecule has 0 saturated heterocycles. The Balaban J connectivity index is 2.60. The minimum Gasteiger partial charge on any atom is -0.478 e. The fourth-order valence-electron chi connectivity index (χ4n) is 1.76. The molecule has 6 nitrogen and oxygen atoms in total. The highest BCUT2D eigenvalue weighted by Crippen LogP contribution is 2.39. The third kappa shape index (κ3) is 4.08. The van der Waals surface area contributed by atoms with E-state index < -0.39 is 17.9 Å². The Morgan fingerprint density at radius 2 is 1.63 bits per heavy atom. The summed E-state index contributed by atoms with van der Waals surface area (Å²) in [6.07, 6.45) is 2.14. The van der Waals surface area contributed by atoms with Gasteiger partial charge in [-0.3, -0.25) is 10.1 Å². The Morgan fingerprint density at radius 3 is 2.05 bits per heavy atom. The van der Waals surface area contributed by atoms with Crippen molar-refractivity contribution in [3.8, 4) is 0 Å². The van der Waals surface area contributed by atoms with Crippen molar-refractivity contribution >= 4 is 17.9 Å². The van der Waals surface area contributed by atoms with Crippen molar-refractivity contribution in [2.75, 3.05) is 0 Å². The van der Waals surface area contributed by atoms with Crippen molar-refractivity contribution in [2.24, 2.45) is 5.92 Å². The summed E-state index contributed by atoms with van der Waals surface area (Å²) in [6.45, 7) is 6.50. The van der Waals surface area contributed by atoms with Crippen LogP contribution in [0.4, 0.5) is 4.79 Å². The molecule has 1 fully saturated rings. The summed E-state index contributed by atoms with van der Waals surface area (Å²) in [5, 5.41) is 13.6. The van der Waals surface area contributed by atoms with Crippen LogP contribution in [0.2, 0.25) is 0 Å². The number of carboxylic acid groups (broad SMARTS) is 1. The Labute approximate surface area is 112 Å². The van der Waals surface area contributed by atoms with Crippen molar-refractivity contribution in [1.82, 2.24) is 10.6 Å². The van der Waals surface area contributed by atoms with Gasteiger partial charge in [0.1, 0.15) is 0 Å². The van der Waals surface area contributed by atoms with E-state index in [0.717, 1.165) is 12.8 Å². The van der Waals surface area contributed by atoms with Gasteiger partial charge in [0, 0.05) is 16.7 Å². The van der Waals surface area contributed by atoms with Gasteiger partial charge in [0.15, 0.2) is 0 Å². The largest absolute Gasteiger partial charge is 0.478 e. The predicted molar refractivity (Wildman–Crippen MR) is 69.5 cm³/mol. The van der Waals surface area contributed by atoms with Crippen LogP contribution in [0, 0.1) is 5.92 Å². The van der Waals surface area contributed by atoms with E-state index in [4.69, 9.17) is 5.11 Å². The molecule has 0 aliphatic heterocycles. The van der Waals surface area contributed by atoms with Gasteiger partial charge in [0.25, 0.3) is 5.91 Å². The van der Waals surface area contributed by atoms with E-state index in [2.05, 4.69) is 10.6 Å². The second-order valence-corrected chi connectivity index (χ2v) is 5.46. The lowest BCUT2D eigenvalue weighted by molar-refractivity contribution is -0.133. The molecule has 0 aromatic heterocycles. The molecular weight excluding hydrogens is 248 g/mol. The van der Waals surface area contributed by atoms with Crippen LogP contribution in [-0.4, -0.2) is 28.6 Å². The third-order valence-corrected chi connectivity index (χ3v) is 3.48. The van der Waals surface area contributed by atoms with Crippen LogP contribution in [0.3, 0.4) is 0 Å². The van der Waals surface area contributed by atoms with Gasteiger partial charge in [-0.15, -0.1) is 0 Å². The van der Waals surface area contributed by atoms with E-state index in [1.807, 2.05) is 13.8 Å². The Hall–Kier alpha value is -1.85. The number of carboxylic acids is 1. The second-order valence-electron chi connectivity index (χ2n) is 5.46. The van der Waals surface area contributed by atoms with Crippen molar-refractivity contribution in [3.63, 3.8) is 0 Å². The summed E-state index contributed by atoms with van der Waals surface area (Å²) in [5.41, 5.74) is -0.414. The molecule has 1 aliphatic rings. The van der Waals surface area contributed by atoms with Crippen molar-refractivity contribution in [3.05, 3.63) is 11.1 Å². The number of carbonyl (C=O) groups excluding carboxylic acids is 2. The monoisotopic (exact) mass is 268 g/mol. The van der Waals surface area contributed by atoms with E-state index >= 15 is 0 Å². The van der Waals surface area contributed by atoms with Crippen LogP contribution in [0.1, 0.15) is 40.5 Å². The lowest BCUT2D eigenvalue weighted by Crippen LogP contribution is -2.51. The number of amides is 3. The molecule has 0 aromatic rings. The molecule has 0 aromatic carbocycles. The second kappa shape index (κ2) is 5.42. The van der Waals surface area contributed by atoms with Gasteiger partial charge in [-0.25, -0.2) is 9.59 Å². The molecule has 0 radical (unpaired) electrons. The van der Waals surface area contributed by atoms with Crippen molar-refractivity contribution < 1.29 is 19.5 Å². The zero-order chi connectivity index (χ0) is 14.8. The number of carbonyl (C=O) groups is 3. The maximum Gasteiger partial charge on any atom is 0.331 e. The maximum absolute atomic E-state index is 11.7. The molecule has 3 N–H and O–H groups in total. The first-order valence-electron chi connectivity index (χ1n) is 6.19. The number of imide groups is 1. The zero-order valence-electron chi connectivity index (χ0n) is 11.7. The summed E-state index contributed by atoms with van der Waals surface area (Å²) in [6, 6.07) is -0.598. The Kier molecular flexibility index (Phi) is 4.34. The van der Waals surface area contributed by atoms with Gasteiger partial charge >= 0.3 is 12.0 Å². The molecule has 0 heterocycles. The molecule has 106 valence electrons. The van der Waals surface area contributed by atoms with E-state index in [9.17, 15) is 14.4 Å². The number of nitrogens with one attached hydrogen (secondary N) is 2. The summed E-state index contributed by atoms with van der Waals surface area (Å²) in [7, 11) is 0. The van der Waals surface area contributed by atoms with Gasteiger partial charge < -0.3 is 10.4 Å². The van der Waals surface area contributed by atoms with E-state index in [1.165, 1.54) is 13.8 Å². The highest BCUT2D eigenvalue weighted by molar-refractivity contribution is 6.07. The lowest BCUT2D eigenvalue weighted by Gasteiger charge is -2.26. The number of aliphatic carboxylic acids is 1. The number of hydrogen-bond acceptors (Lipinski definition) is 3. The Bertz CT molecular complexity index is 448. The molecule has 1 rings (SSSR count). The fraction of sp³-hybridized carbons (Fsp3) is 0.615. The van der Waals surface area contributed by atoms with Crippen LogP contribution < -0.4 is 10.6 Å². The highest BCUT2D eigenvalue weighted by atomic mass is 16.4. The average molecular weight is 268 g/mol. The molecule has 0 bridgehead atoms. The summed E-state index contributed by atoms with van der Waals surface area (Å²) in [4.78, 5) is 34.1. The molecule has 19 heavy (non-hydrogen) atoms. The van der Waals surface area contributed by atoms with Crippen LogP contribution in [-0.2, 0) is 9.59 Å². The first kappa shape index (κ1) is 15.2. The van der Waals surface area contributed by atoms with Crippen molar-refractivity contribution in [1.29, 1.82) is 0 Å². The average Bonchev–Trinajstić information content (AvgIpc) is 3.09. The predicted octanol–water partition coefficient (Wildman–Crippen LogP) is 1.42. The number of hydrogen-bond donors (Lipinski definition) is 3. The molecule has 6 heteroatoms. The first-order chi connectivity index (χ1) is 8.65. The SMILES string of the molecule is CC(C(=O)O)=C(C)C(=O)NC(=O)NC(C)(C)C1CC1. The smallest absolute Gasteiger partial charge is 0.331 e. The minimum absolute atomic E-state index is 0.0203. The van der Waals surface area contributed by atoms with Gasteiger partial charge in [-0.05, 0) is 46.5 Å². The van der Waals surface area contributed by atoms with Gasteiger partial charge in [0.05, 0.1) is 0 Å².